The van der Waals surface area contributed by atoms with Crippen LogP contribution in [0.4, 0.5) is 0 Å². The zero-order chi connectivity index (χ0) is 12.8. The fourth-order valence-electron chi connectivity index (χ4n) is 2.24. The maximum Gasteiger partial charge on any atom is 0.118 e. The monoisotopic (exact) mass is 268 g/mol. The minimum absolute atomic E-state index is 0.724. The van der Waals surface area contributed by atoms with Gasteiger partial charge in [0.25, 0.3) is 0 Å². The van der Waals surface area contributed by atoms with Gasteiger partial charge in [-0.2, -0.15) is 11.8 Å². The molecule has 0 aromatic carbocycles. The first-order valence-corrected chi connectivity index (χ1v) is 8.01. The van der Waals surface area contributed by atoms with Crippen LogP contribution in [0.15, 0.2) is 16.5 Å². The molecule has 1 fully saturated rings. The first kappa shape index (κ1) is 14.0. The van der Waals surface area contributed by atoms with Crippen LogP contribution in [0.25, 0.3) is 0 Å². The summed E-state index contributed by atoms with van der Waals surface area (Å²) < 4.78 is 5.85. The topological polar surface area (TPSA) is 28.4 Å². The summed E-state index contributed by atoms with van der Waals surface area (Å²) in [6, 6.07) is 4.93. The lowest BCUT2D eigenvalue weighted by Crippen LogP contribution is -2.30. The summed E-state index contributed by atoms with van der Waals surface area (Å²) in [7, 11) is 2.20. The second kappa shape index (κ2) is 7.22. The minimum atomic E-state index is 0.724. The quantitative estimate of drug-likeness (QED) is 0.770. The van der Waals surface area contributed by atoms with Crippen molar-refractivity contribution < 1.29 is 4.42 Å². The van der Waals surface area contributed by atoms with Crippen molar-refractivity contribution in [2.45, 2.75) is 38.9 Å². The number of rotatable bonds is 7. The Bertz CT molecular complexity index is 347. The van der Waals surface area contributed by atoms with Crippen LogP contribution in [-0.4, -0.2) is 36.0 Å². The Morgan fingerprint density at radius 1 is 1.44 bits per heavy atom. The summed E-state index contributed by atoms with van der Waals surface area (Å²) in [4.78, 5) is 2.42. The minimum Gasteiger partial charge on any atom is -0.463 e. The molecule has 0 amide bonds. The van der Waals surface area contributed by atoms with Gasteiger partial charge in [-0.1, -0.05) is 6.92 Å². The molecule has 1 unspecified atom stereocenters. The Kier molecular flexibility index (Phi) is 5.60. The predicted molar refractivity (Wildman–Crippen MR) is 77.9 cm³/mol. The summed E-state index contributed by atoms with van der Waals surface area (Å²) in [6.07, 6.45) is 2.47. The molecule has 102 valence electrons. The number of nitrogens with one attached hydrogen (secondary N) is 1. The third-order valence-electron chi connectivity index (χ3n) is 3.38. The van der Waals surface area contributed by atoms with Gasteiger partial charge in [-0.25, -0.2) is 0 Å². The van der Waals surface area contributed by atoms with Crippen LogP contribution in [0.3, 0.4) is 0 Å². The van der Waals surface area contributed by atoms with E-state index in [1.54, 1.807) is 0 Å². The Hall–Kier alpha value is -0.450. The lowest BCUT2D eigenvalue weighted by atomic mass is 10.2. The molecule has 0 radical (unpaired) electrons. The van der Waals surface area contributed by atoms with E-state index in [2.05, 4.69) is 48.1 Å². The molecule has 0 aliphatic carbocycles. The molecule has 2 rings (SSSR count). The van der Waals surface area contributed by atoms with Crippen molar-refractivity contribution in [1.29, 1.82) is 0 Å². The summed E-state index contributed by atoms with van der Waals surface area (Å²) in [5.74, 6) is 4.71. The van der Waals surface area contributed by atoms with Crippen molar-refractivity contribution in [3.63, 3.8) is 0 Å². The molecule has 1 saturated heterocycles. The van der Waals surface area contributed by atoms with Gasteiger partial charge in [0.2, 0.25) is 0 Å². The molecule has 0 bridgehead atoms. The first-order valence-electron chi connectivity index (χ1n) is 6.86. The largest absolute Gasteiger partial charge is 0.463 e. The second-order valence-corrected chi connectivity index (χ2v) is 6.13. The average Bonchev–Trinajstić information content (AvgIpc) is 3.00. The second-order valence-electron chi connectivity index (χ2n) is 4.98. The highest BCUT2D eigenvalue weighted by molar-refractivity contribution is 7.99. The summed E-state index contributed by atoms with van der Waals surface area (Å²) in [5, 5.41) is 3.36. The van der Waals surface area contributed by atoms with Gasteiger partial charge in [0.05, 0.1) is 13.1 Å². The molecular formula is C14H24N2OS. The lowest BCUT2D eigenvalue weighted by Gasteiger charge is -2.22. The SMILES string of the molecule is CCCNCc1ccc(CN(C)C2CCSC2)o1. The summed E-state index contributed by atoms with van der Waals surface area (Å²) >= 11 is 2.06. The van der Waals surface area contributed by atoms with Crippen LogP contribution >= 0.6 is 11.8 Å². The van der Waals surface area contributed by atoms with E-state index in [4.69, 9.17) is 4.42 Å². The van der Waals surface area contributed by atoms with Crippen molar-refractivity contribution in [3.05, 3.63) is 23.7 Å². The van der Waals surface area contributed by atoms with Gasteiger partial charge in [-0.15, -0.1) is 0 Å². The highest BCUT2D eigenvalue weighted by Crippen LogP contribution is 2.23. The van der Waals surface area contributed by atoms with E-state index in [0.29, 0.717) is 0 Å². The van der Waals surface area contributed by atoms with Crippen LogP contribution in [0.1, 0.15) is 31.3 Å². The van der Waals surface area contributed by atoms with E-state index < -0.39 is 0 Å². The molecule has 1 aliphatic rings. The highest BCUT2D eigenvalue weighted by Gasteiger charge is 2.20. The van der Waals surface area contributed by atoms with E-state index in [0.717, 1.165) is 43.6 Å². The van der Waals surface area contributed by atoms with Gasteiger partial charge in [-0.3, -0.25) is 4.90 Å². The van der Waals surface area contributed by atoms with Crippen LogP contribution in [-0.2, 0) is 13.1 Å². The highest BCUT2D eigenvalue weighted by atomic mass is 32.2. The fourth-order valence-corrected chi connectivity index (χ4v) is 3.53. The number of thioether (sulfide) groups is 1. The molecule has 0 saturated carbocycles. The van der Waals surface area contributed by atoms with Gasteiger partial charge in [0.1, 0.15) is 11.5 Å². The molecule has 3 nitrogen and oxygen atoms in total. The standard InChI is InChI=1S/C14H24N2OS/c1-3-7-15-9-13-4-5-14(17-13)10-16(2)12-6-8-18-11-12/h4-5,12,15H,3,6-11H2,1-2H3. The number of furan rings is 1. The molecule has 1 aromatic rings. The van der Waals surface area contributed by atoms with Crippen molar-refractivity contribution in [3.8, 4) is 0 Å². The van der Waals surface area contributed by atoms with Gasteiger partial charge < -0.3 is 9.73 Å². The zero-order valence-corrected chi connectivity index (χ0v) is 12.3. The normalized spacial score (nSPS) is 19.8. The third-order valence-corrected chi connectivity index (χ3v) is 4.52. The molecule has 1 aromatic heterocycles. The predicted octanol–water partition coefficient (Wildman–Crippen LogP) is 2.72. The number of nitrogens with zero attached hydrogens (tertiary/aromatic N) is 1. The van der Waals surface area contributed by atoms with E-state index in [1.165, 1.54) is 17.9 Å². The molecule has 1 N–H and O–H groups in total. The van der Waals surface area contributed by atoms with E-state index in [9.17, 15) is 0 Å². The molecule has 1 atom stereocenters. The van der Waals surface area contributed by atoms with Gasteiger partial charge in [0, 0.05) is 11.8 Å². The molecule has 2 heterocycles. The van der Waals surface area contributed by atoms with Crippen LogP contribution in [0.5, 0.6) is 0 Å². The Labute approximate surface area is 114 Å². The maximum atomic E-state index is 5.85. The molecule has 0 spiro atoms. The summed E-state index contributed by atoms with van der Waals surface area (Å²) in [6.45, 7) is 5.00. The van der Waals surface area contributed by atoms with Crippen molar-refractivity contribution in [1.82, 2.24) is 10.2 Å². The molecule has 1 aliphatic heterocycles. The molecular weight excluding hydrogens is 244 g/mol. The Morgan fingerprint density at radius 3 is 3.00 bits per heavy atom. The zero-order valence-electron chi connectivity index (χ0n) is 11.4. The maximum absolute atomic E-state index is 5.85. The molecule has 4 heteroatoms. The van der Waals surface area contributed by atoms with Crippen LogP contribution in [0, 0.1) is 0 Å². The van der Waals surface area contributed by atoms with Gasteiger partial charge >= 0.3 is 0 Å². The van der Waals surface area contributed by atoms with E-state index in [1.807, 2.05) is 0 Å². The van der Waals surface area contributed by atoms with Crippen molar-refractivity contribution in [2.75, 3.05) is 25.1 Å². The fraction of sp³-hybridized carbons (Fsp3) is 0.714. The number of hydrogen-bond donors (Lipinski definition) is 1. The smallest absolute Gasteiger partial charge is 0.118 e. The van der Waals surface area contributed by atoms with Crippen LogP contribution < -0.4 is 5.32 Å². The third kappa shape index (κ3) is 4.04. The lowest BCUT2D eigenvalue weighted by molar-refractivity contribution is 0.231. The first-order chi connectivity index (χ1) is 8.79. The van der Waals surface area contributed by atoms with Gasteiger partial charge in [-0.05, 0) is 44.3 Å². The van der Waals surface area contributed by atoms with Gasteiger partial charge in [0.15, 0.2) is 0 Å². The average molecular weight is 268 g/mol. The van der Waals surface area contributed by atoms with E-state index in [-0.39, 0.29) is 0 Å². The summed E-state index contributed by atoms with van der Waals surface area (Å²) in [5.41, 5.74) is 0. The molecule has 18 heavy (non-hydrogen) atoms. The Morgan fingerprint density at radius 2 is 2.28 bits per heavy atom. The van der Waals surface area contributed by atoms with E-state index >= 15 is 0 Å². The van der Waals surface area contributed by atoms with Crippen molar-refractivity contribution in [2.24, 2.45) is 0 Å². The Balaban J connectivity index is 1.78. The van der Waals surface area contributed by atoms with Crippen molar-refractivity contribution >= 4 is 11.8 Å². The number of hydrogen-bond acceptors (Lipinski definition) is 4. The van der Waals surface area contributed by atoms with Crippen LogP contribution in [0.2, 0.25) is 0 Å².